The van der Waals surface area contributed by atoms with Crippen LogP contribution in [0.25, 0.3) is 11.4 Å². The summed E-state index contributed by atoms with van der Waals surface area (Å²) >= 11 is 1.64. The summed E-state index contributed by atoms with van der Waals surface area (Å²) < 4.78 is 7.37. The fourth-order valence-electron chi connectivity index (χ4n) is 3.18. The molecule has 6 nitrogen and oxygen atoms in total. The molecule has 0 aliphatic rings. The number of nitrogens with zero attached hydrogens (tertiary/aromatic N) is 3. The molecule has 0 spiro atoms. The molecule has 0 bridgehead atoms. The Bertz CT molecular complexity index is 1130. The molecule has 0 aliphatic carbocycles. The highest BCUT2D eigenvalue weighted by Crippen LogP contribution is 2.26. The SMILES string of the molecule is CCn1c(SCc2ccc(C(=O)NCc3ccco3)cc2)nnc1-c1ccc(C)cc1. The molecule has 31 heavy (non-hydrogen) atoms. The molecule has 1 amide bonds. The first-order valence-corrected chi connectivity index (χ1v) is 11.1. The first-order valence-electron chi connectivity index (χ1n) is 10.2. The fourth-order valence-corrected chi connectivity index (χ4v) is 4.14. The second-order valence-electron chi connectivity index (χ2n) is 7.16. The number of carbonyl (C=O) groups excluding carboxylic acids is 1. The maximum Gasteiger partial charge on any atom is 0.251 e. The van der Waals surface area contributed by atoms with Gasteiger partial charge in [-0.05, 0) is 43.7 Å². The van der Waals surface area contributed by atoms with Crippen LogP contribution in [0.3, 0.4) is 0 Å². The van der Waals surface area contributed by atoms with Gasteiger partial charge < -0.3 is 14.3 Å². The monoisotopic (exact) mass is 432 g/mol. The number of amides is 1. The zero-order valence-corrected chi connectivity index (χ0v) is 18.4. The van der Waals surface area contributed by atoms with Crippen molar-refractivity contribution in [3.63, 3.8) is 0 Å². The maximum absolute atomic E-state index is 12.3. The van der Waals surface area contributed by atoms with Crippen molar-refractivity contribution in [2.45, 2.75) is 37.8 Å². The van der Waals surface area contributed by atoms with E-state index in [2.05, 4.69) is 58.2 Å². The Kier molecular flexibility index (Phi) is 6.52. The predicted molar refractivity (Wildman–Crippen MR) is 122 cm³/mol. The molecular formula is C24H24N4O2S. The van der Waals surface area contributed by atoms with Crippen LogP contribution in [-0.2, 0) is 18.8 Å². The molecule has 4 rings (SSSR count). The van der Waals surface area contributed by atoms with Gasteiger partial charge in [0, 0.05) is 23.4 Å². The maximum atomic E-state index is 12.3. The van der Waals surface area contributed by atoms with Crippen LogP contribution in [0, 0.1) is 6.92 Å². The molecule has 7 heteroatoms. The van der Waals surface area contributed by atoms with Crippen molar-refractivity contribution in [1.82, 2.24) is 20.1 Å². The van der Waals surface area contributed by atoms with E-state index in [1.54, 1.807) is 24.1 Å². The molecule has 0 radical (unpaired) electrons. The molecule has 0 saturated heterocycles. The zero-order valence-electron chi connectivity index (χ0n) is 17.5. The number of carbonyl (C=O) groups is 1. The summed E-state index contributed by atoms with van der Waals surface area (Å²) in [7, 11) is 0. The topological polar surface area (TPSA) is 73.0 Å². The lowest BCUT2D eigenvalue weighted by molar-refractivity contribution is 0.0948. The van der Waals surface area contributed by atoms with E-state index < -0.39 is 0 Å². The molecular weight excluding hydrogens is 408 g/mol. The second-order valence-corrected chi connectivity index (χ2v) is 8.11. The van der Waals surface area contributed by atoms with Gasteiger partial charge in [-0.1, -0.05) is 53.7 Å². The highest BCUT2D eigenvalue weighted by atomic mass is 32.2. The largest absolute Gasteiger partial charge is 0.467 e. The summed E-state index contributed by atoms with van der Waals surface area (Å²) in [4.78, 5) is 12.3. The van der Waals surface area contributed by atoms with Crippen molar-refractivity contribution in [3.8, 4) is 11.4 Å². The van der Waals surface area contributed by atoms with E-state index in [1.807, 2.05) is 30.3 Å². The average Bonchev–Trinajstić information content (AvgIpc) is 3.46. The number of aryl methyl sites for hydroxylation is 1. The molecule has 0 saturated carbocycles. The Morgan fingerprint density at radius 1 is 1.06 bits per heavy atom. The Hall–Kier alpha value is -3.32. The fraction of sp³-hybridized carbons (Fsp3) is 0.208. The lowest BCUT2D eigenvalue weighted by Crippen LogP contribution is -2.22. The lowest BCUT2D eigenvalue weighted by atomic mass is 10.1. The van der Waals surface area contributed by atoms with Crippen LogP contribution >= 0.6 is 11.8 Å². The molecule has 2 heterocycles. The van der Waals surface area contributed by atoms with Crippen LogP contribution in [0.1, 0.15) is 34.2 Å². The standard InChI is InChI=1S/C24H24N4O2S/c1-3-28-22(19-10-6-17(2)7-11-19)26-27-24(28)31-16-18-8-12-20(13-9-18)23(29)25-15-21-5-4-14-30-21/h4-14H,3,15-16H2,1-2H3,(H,25,29). The Morgan fingerprint density at radius 3 is 2.52 bits per heavy atom. The average molecular weight is 433 g/mol. The summed E-state index contributed by atoms with van der Waals surface area (Å²) in [6, 6.07) is 19.6. The molecule has 2 aromatic heterocycles. The number of hydrogen-bond donors (Lipinski definition) is 1. The molecule has 0 atom stereocenters. The summed E-state index contributed by atoms with van der Waals surface area (Å²) in [6.45, 7) is 5.34. The highest BCUT2D eigenvalue weighted by molar-refractivity contribution is 7.98. The van der Waals surface area contributed by atoms with Gasteiger partial charge >= 0.3 is 0 Å². The number of hydrogen-bond acceptors (Lipinski definition) is 5. The number of rotatable bonds is 8. The Labute approximate surface area is 185 Å². The van der Waals surface area contributed by atoms with Gasteiger partial charge in [0.1, 0.15) is 5.76 Å². The Morgan fingerprint density at radius 2 is 1.84 bits per heavy atom. The van der Waals surface area contributed by atoms with Gasteiger partial charge in [0.15, 0.2) is 11.0 Å². The Balaban J connectivity index is 1.38. The zero-order chi connectivity index (χ0) is 21.6. The van der Waals surface area contributed by atoms with Crippen LogP contribution in [0.4, 0.5) is 0 Å². The third-order valence-electron chi connectivity index (χ3n) is 4.93. The molecule has 2 aromatic carbocycles. The van der Waals surface area contributed by atoms with Crippen LogP contribution in [0.5, 0.6) is 0 Å². The van der Waals surface area contributed by atoms with E-state index >= 15 is 0 Å². The van der Waals surface area contributed by atoms with Gasteiger partial charge in [0.25, 0.3) is 5.91 Å². The number of furan rings is 1. The molecule has 0 unspecified atom stereocenters. The minimum atomic E-state index is -0.121. The second kappa shape index (κ2) is 9.66. The van der Waals surface area contributed by atoms with Gasteiger partial charge in [-0.25, -0.2) is 0 Å². The third kappa shape index (κ3) is 5.06. The molecule has 0 fully saturated rings. The molecule has 4 aromatic rings. The molecule has 158 valence electrons. The number of nitrogens with one attached hydrogen (secondary N) is 1. The van der Waals surface area contributed by atoms with Gasteiger partial charge in [-0.15, -0.1) is 10.2 Å². The summed E-state index contributed by atoms with van der Waals surface area (Å²) in [5, 5.41) is 12.6. The van der Waals surface area contributed by atoms with Gasteiger partial charge in [0.05, 0.1) is 12.8 Å². The van der Waals surface area contributed by atoms with E-state index in [0.717, 1.165) is 40.2 Å². The minimum Gasteiger partial charge on any atom is -0.467 e. The van der Waals surface area contributed by atoms with Crippen molar-refractivity contribution >= 4 is 17.7 Å². The summed E-state index contributed by atoms with van der Waals surface area (Å²) in [5.74, 6) is 2.24. The first kappa shape index (κ1) is 20.9. The van der Waals surface area contributed by atoms with E-state index in [-0.39, 0.29) is 5.91 Å². The van der Waals surface area contributed by atoms with Gasteiger partial charge in [-0.3, -0.25) is 4.79 Å². The van der Waals surface area contributed by atoms with Crippen molar-refractivity contribution in [2.75, 3.05) is 0 Å². The lowest BCUT2D eigenvalue weighted by Gasteiger charge is -2.08. The molecule has 0 aliphatic heterocycles. The van der Waals surface area contributed by atoms with Crippen LogP contribution in [0.2, 0.25) is 0 Å². The van der Waals surface area contributed by atoms with E-state index in [1.165, 1.54) is 5.56 Å². The van der Waals surface area contributed by atoms with Gasteiger partial charge in [-0.2, -0.15) is 0 Å². The number of aromatic nitrogens is 3. The number of thioether (sulfide) groups is 1. The predicted octanol–water partition coefficient (Wildman–Crippen LogP) is 5.09. The first-order chi connectivity index (χ1) is 15.1. The van der Waals surface area contributed by atoms with Crippen molar-refractivity contribution in [3.05, 3.63) is 89.4 Å². The highest BCUT2D eigenvalue weighted by Gasteiger charge is 2.13. The normalized spacial score (nSPS) is 10.9. The van der Waals surface area contributed by atoms with Gasteiger partial charge in [0.2, 0.25) is 0 Å². The summed E-state index contributed by atoms with van der Waals surface area (Å²) in [5.41, 5.74) is 4.03. The van der Waals surface area contributed by atoms with Crippen molar-refractivity contribution in [1.29, 1.82) is 0 Å². The van der Waals surface area contributed by atoms with E-state index in [4.69, 9.17) is 4.42 Å². The number of benzene rings is 2. The van der Waals surface area contributed by atoms with Crippen molar-refractivity contribution in [2.24, 2.45) is 0 Å². The minimum absolute atomic E-state index is 0.121. The van der Waals surface area contributed by atoms with E-state index in [0.29, 0.717) is 12.1 Å². The summed E-state index contributed by atoms with van der Waals surface area (Å²) in [6.07, 6.45) is 1.59. The smallest absolute Gasteiger partial charge is 0.251 e. The van der Waals surface area contributed by atoms with E-state index in [9.17, 15) is 4.79 Å². The molecule has 1 N–H and O–H groups in total. The van der Waals surface area contributed by atoms with Crippen LogP contribution in [0.15, 0.2) is 76.5 Å². The van der Waals surface area contributed by atoms with Crippen LogP contribution in [-0.4, -0.2) is 20.7 Å². The quantitative estimate of drug-likeness (QED) is 0.393. The third-order valence-corrected chi connectivity index (χ3v) is 5.97. The van der Waals surface area contributed by atoms with Crippen molar-refractivity contribution < 1.29 is 9.21 Å². The van der Waals surface area contributed by atoms with Crippen LogP contribution < -0.4 is 5.32 Å².